The fourth-order valence-corrected chi connectivity index (χ4v) is 4.91. The molecule has 1 aliphatic rings. The number of hydrogen-bond acceptors (Lipinski definition) is 8. The van der Waals surface area contributed by atoms with Gasteiger partial charge in [0, 0.05) is 35.4 Å². The molecule has 0 aromatic heterocycles. The summed E-state index contributed by atoms with van der Waals surface area (Å²) in [6.45, 7) is 4.43. The van der Waals surface area contributed by atoms with Crippen molar-refractivity contribution in [3.63, 3.8) is 0 Å². The highest BCUT2D eigenvalue weighted by molar-refractivity contribution is 7.89. The molecule has 1 amide bonds. The smallest absolute Gasteiger partial charge is 0.475 e. The van der Waals surface area contributed by atoms with Gasteiger partial charge in [-0.3, -0.25) is 10.2 Å². The first kappa shape index (κ1) is 35.7. The lowest BCUT2D eigenvalue weighted by atomic mass is 9.93. The average Bonchev–Trinajstić information content (AvgIpc) is 3.42. The molecule has 4 rings (SSSR count). The van der Waals surface area contributed by atoms with Gasteiger partial charge in [-0.1, -0.05) is 67.5 Å². The third-order valence-corrected chi connectivity index (χ3v) is 7.35. The molecule has 1 heterocycles. The minimum absolute atomic E-state index is 0.0147. The summed E-state index contributed by atoms with van der Waals surface area (Å²) in [6, 6.07) is 20.2. The Morgan fingerprint density at radius 1 is 1.09 bits per heavy atom. The minimum atomic E-state index is -5.08. The van der Waals surface area contributed by atoms with Gasteiger partial charge in [0.1, 0.15) is 5.84 Å². The Labute approximate surface area is 262 Å². The number of carbonyl (C=O) groups excluding carboxylic acids is 1. The van der Waals surface area contributed by atoms with Crippen molar-refractivity contribution in [2.75, 3.05) is 18.5 Å². The Hall–Kier alpha value is -4.80. The minimum Gasteiger partial charge on any atom is -0.475 e. The number of carboxylic acid groups (broad SMARTS) is 1. The number of hydrogen-bond donors (Lipinski definition) is 5. The van der Waals surface area contributed by atoms with Crippen LogP contribution in [-0.4, -0.2) is 61.9 Å². The summed E-state index contributed by atoms with van der Waals surface area (Å²) in [5.74, 6) is -3.01. The second-order valence-electron chi connectivity index (χ2n) is 10.6. The van der Waals surface area contributed by atoms with Gasteiger partial charge in [-0.05, 0) is 35.7 Å². The van der Waals surface area contributed by atoms with E-state index in [1.54, 1.807) is 60.7 Å². The number of nitrogens with two attached hydrogens (primary N) is 2. The number of aliphatic carboxylic acids is 1. The normalized spacial score (nSPS) is 16.1. The second-order valence-corrected chi connectivity index (χ2v) is 12.1. The maximum atomic E-state index is 13.6. The molecule has 1 unspecified atom stereocenters. The Balaban J connectivity index is 0.000000738. The zero-order valence-corrected chi connectivity index (χ0v) is 25.5. The van der Waals surface area contributed by atoms with Gasteiger partial charge in [-0.2, -0.15) is 13.2 Å². The van der Waals surface area contributed by atoms with Crippen LogP contribution in [-0.2, 0) is 29.2 Å². The lowest BCUT2D eigenvalue weighted by molar-refractivity contribution is -0.192. The number of carbonyl (C=O) groups is 2. The fraction of sp³-hybridized carbons (Fsp3) is 0.267. The number of alkyl halides is 3. The molecule has 0 radical (unpaired) electrons. The van der Waals surface area contributed by atoms with Crippen LogP contribution in [0.5, 0.6) is 0 Å². The highest BCUT2D eigenvalue weighted by Crippen LogP contribution is 2.31. The monoisotopic (exact) mass is 663 g/mol. The summed E-state index contributed by atoms with van der Waals surface area (Å²) in [5.41, 5.74) is 7.56. The quantitative estimate of drug-likeness (QED) is 0.157. The van der Waals surface area contributed by atoms with Gasteiger partial charge in [0.2, 0.25) is 15.6 Å². The average molecular weight is 664 g/mol. The predicted octanol–water partition coefficient (Wildman–Crippen LogP) is 4.09. The van der Waals surface area contributed by atoms with Crippen molar-refractivity contribution >= 4 is 39.1 Å². The maximum absolute atomic E-state index is 13.6. The van der Waals surface area contributed by atoms with Crippen molar-refractivity contribution in [1.29, 1.82) is 5.41 Å². The van der Waals surface area contributed by atoms with Gasteiger partial charge >= 0.3 is 12.1 Å². The van der Waals surface area contributed by atoms with Crippen LogP contribution in [0.3, 0.4) is 0 Å². The van der Waals surface area contributed by atoms with Crippen LogP contribution < -0.4 is 16.2 Å². The van der Waals surface area contributed by atoms with Crippen LogP contribution in [0.4, 0.5) is 18.9 Å². The van der Waals surface area contributed by atoms with E-state index in [0.29, 0.717) is 40.3 Å². The topological polar surface area (TPSA) is 207 Å². The number of carboxylic acids is 1. The van der Waals surface area contributed by atoms with Crippen LogP contribution in [0.1, 0.15) is 31.4 Å². The molecule has 0 fully saturated rings. The number of primary sulfonamides is 1. The largest absolute Gasteiger partial charge is 0.490 e. The highest BCUT2D eigenvalue weighted by Gasteiger charge is 2.47. The number of nitrogen functional groups attached to an aromatic ring is 1. The first-order valence-corrected chi connectivity index (χ1v) is 15.1. The van der Waals surface area contributed by atoms with Gasteiger partial charge in [-0.25, -0.2) is 18.4 Å². The first-order chi connectivity index (χ1) is 21.4. The molecule has 16 heteroatoms. The Morgan fingerprint density at radius 2 is 1.72 bits per heavy atom. The first-order valence-electron chi connectivity index (χ1n) is 13.5. The number of ether oxygens (including phenoxy) is 1. The number of halogens is 3. The Morgan fingerprint density at radius 3 is 2.28 bits per heavy atom. The molecule has 1 atom stereocenters. The molecule has 3 aromatic carbocycles. The van der Waals surface area contributed by atoms with E-state index in [1.807, 2.05) is 19.9 Å². The van der Waals surface area contributed by atoms with Gasteiger partial charge in [0.25, 0.3) is 5.91 Å². The van der Waals surface area contributed by atoms with Crippen LogP contribution in [0.15, 0.2) is 82.8 Å². The van der Waals surface area contributed by atoms with E-state index in [0.717, 1.165) is 0 Å². The molecule has 246 valence electrons. The summed E-state index contributed by atoms with van der Waals surface area (Å²) >= 11 is 0. The lowest BCUT2D eigenvalue weighted by Crippen LogP contribution is -2.47. The summed E-state index contributed by atoms with van der Waals surface area (Å²) in [5, 5.41) is 27.3. The lowest BCUT2D eigenvalue weighted by Gasteiger charge is -2.26. The number of amidine groups is 1. The van der Waals surface area contributed by atoms with Crippen molar-refractivity contribution in [3.05, 3.63) is 83.9 Å². The van der Waals surface area contributed by atoms with E-state index >= 15 is 0 Å². The van der Waals surface area contributed by atoms with E-state index in [1.165, 1.54) is 6.07 Å². The molecule has 7 N–H and O–H groups in total. The Kier molecular flexibility index (Phi) is 11.3. The summed E-state index contributed by atoms with van der Waals surface area (Å²) in [7, 11) is -3.91. The number of nitrogens with one attached hydrogen (secondary N) is 2. The van der Waals surface area contributed by atoms with Gasteiger partial charge in [-0.15, -0.1) is 0 Å². The molecule has 0 spiro atoms. The number of nitrogens with zero attached hydrogens (tertiary/aromatic N) is 1. The number of sulfonamides is 1. The number of oxime groups is 1. The molecule has 0 saturated carbocycles. The SMILES string of the molecule is CC(C)COCC1(C(=O)Nc2ccc(-c3ccccc3S(N)(=O)=O)cc2)CC(c2cccc(C(=N)N)c2)=NO1.O=C(O)C(F)(F)F. The van der Waals surface area contributed by atoms with E-state index in [4.69, 9.17) is 35.8 Å². The third-order valence-electron chi connectivity index (χ3n) is 6.38. The van der Waals surface area contributed by atoms with Crippen LogP contribution in [0.2, 0.25) is 0 Å². The van der Waals surface area contributed by atoms with E-state index in [-0.39, 0.29) is 29.7 Å². The van der Waals surface area contributed by atoms with Gasteiger partial charge < -0.3 is 25.7 Å². The van der Waals surface area contributed by atoms with E-state index in [2.05, 4.69) is 10.5 Å². The number of anilines is 1. The summed E-state index contributed by atoms with van der Waals surface area (Å²) < 4.78 is 61.6. The van der Waals surface area contributed by atoms with E-state index < -0.39 is 33.7 Å². The third kappa shape index (κ3) is 9.35. The van der Waals surface area contributed by atoms with Crippen LogP contribution >= 0.6 is 0 Å². The highest BCUT2D eigenvalue weighted by atomic mass is 32.2. The van der Waals surface area contributed by atoms with E-state index in [9.17, 15) is 26.4 Å². The number of amides is 1. The maximum Gasteiger partial charge on any atom is 0.490 e. The van der Waals surface area contributed by atoms with Crippen molar-refractivity contribution in [2.45, 2.75) is 36.9 Å². The number of benzene rings is 3. The molecule has 0 bridgehead atoms. The van der Waals surface area contributed by atoms with Gasteiger partial charge in [0.05, 0.1) is 17.2 Å². The zero-order valence-electron chi connectivity index (χ0n) is 24.7. The van der Waals surface area contributed by atoms with Crippen molar-refractivity contribution in [3.8, 4) is 11.1 Å². The van der Waals surface area contributed by atoms with Crippen LogP contribution in [0.25, 0.3) is 11.1 Å². The molecular formula is C30H32F3N5O7S. The zero-order chi connectivity index (χ0) is 34.3. The summed E-state index contributed by atoms with van der Waals surface area (Å²) in [6.07, 6.45) is -4.93. The Bertz CT molecular complexity index is 1730. The van der Waals surface area contributed by atoms with Crippen molar-refractivity contribution < 1.29 is 45.9 Å². The van der Waals surface area contributed by atoms with Crippen molar-refractivity contribution in [2.24, 2.45) is 21.9 Å². The fourth-order valence-electron chi connectivity index (χ4n) is 4.15. The molecular weight excluding hydrogens is 631 g/mol. The molecule has 3 aromatic rings. The van der Waals surface area contributed by atoms with Crippen molar-refractivity contribution in [1.82, 2.24) is 0 Å². The summed E-state index contributed by atoms with van der Waals surface area (Å²) in [4.78, 5) is 28.2. The molecule has 12 nitrogen and oxygen atoms in total. The number of rotatable bonds is 10. The second kappa shape index (κ2) is 14.5. The molecule has 0 saturated heterocycles. The molecule has 0 aliphatic carbocycles. The van der Waals surface area contributed by atoms with Crippen LogP contribution in [0, 0.1) is 11.3 Å². The standard InChI is InChI=1S/C28H31N5O5S.C2HF3O2/c1-18(2)16-37-17-28(15-24(33-38-28)20-6-5-7-21(14-20)26(29)30)27(34)32-22-12-10-19(11-13-22)23-8-3-4-9-25(23)39(31,35)36;3-2(4,5)1(6)7/h3-14,18H,15-17H2,1-2H3,(H3,29,30)(H,32,34)(H2,31,35,36);(H,6,7). The molecule has 46 heavy (non-hydrogen) atoms. The van der Waals surface area contributed by atoms with Gasteiger partial charge in [0.15, 0.2) is 0 Å². The predicted molar refractivity (Wildman–Crippen MR) is 164 cm³/mol. The molecule has 1 aliphatic heterocycles.